The topological polar surface area (TPSA) is 58.3 Å². The number of nitrogens with one attached hydrogen (secondary N) is 1. The molecule has 152 valence electrons. The summed E-state index contributed by atoms with van der Waals surface area (Å²) >= 11 is 0. The van der Waals surface area contributed by atoms with Crippen molar-refractivity contribution in [3.8, 4) is 5.82 Å². The zero-order valence-corrected chi connectivity index (χ0v) is 18.9. The number of hydrogen-bond donors (Lipinski definition) is 1. The van der Waals surface area contributed by atoms with Crippen molar-refractivity contribution in [3.05, 3.63) is 78.5 Å². The number of aromatic nitrogens is 3. The predicted octanol–water partition coefficient (Wildman–Crippen LogP) is 3.84. The second kappa shape index (κ2) is 10.4. The number of benzene rings is 1. The van der Waals surface area contributed by atoms with Gasteiger partial charge in [0.15, 0.2) is 5.96 Å². The van der Waals surface area contributed by atoms with E-state index in [2.05, 4.69) is 63.5 Å². The van der Waals surface area contributed by atoms with Gasteiger partial charge in [-0.1, -0.05) is 30.3 Å². The van der Waals surface area contributed by atoms with Crippen LogP contribution in [0.1, 0.15) is 30.4 Å². The maximum atomic E-state index is 4.90. The van der Waals surface area contributed by atoms with Crippen LogP contribution < -0.4 is 5.32 Å². The Morgan fingerprint density at radius 3 is 2.83 bits per heavy atom. The molecule has 2 aromatic heterocycles. The lowest BCUT2D eigenvalue weighted by Crippen LogP contribution is -2.40. The van der Waals surface area contributed by atoms with Gasteiger partial charge in [-0.05, 0) is 36.6 Å². The number of aliphatic imine (C=N–C) groups is 1. The molecule has 0 spiro atoms. The Morgan fingerprint density at radius 2 is 2.07 bits per heavy atom. The van der Waals surface area contributed by atoms with Crippen molar-refractivity contribution >= 4 is 29.9 Å². The van der Waals surface area contributed by atoms with Crippen molar-refractivity contribution in [1.82, 2.24) is 24.8 Å². The van der Waals surface area contributed by atoms with Crippen LogP contribution in [0.5, 0.6) is 0 Å². The lowest BCUT2D eigenvalue weighted by molar-refractivity contribution is 0.486. The first-order valence-corrected chi connectivity index (χ1v) is 9.85. The van der Waals surface area contributed by atoms with Crippen LogP contribution in [-0.2, 0) is 6.54 Å². The molecule has 29 heavy (non-hydrogen) atoms. The van der Waals surface area contributed by atoms with E-state index < -0.39 is 0 Å². The Kier molecular flexibility index (Phi) is 7.62. The van der Waals surface area contributed by atoms with Crippen LogP contribution in [0.2, 0.25) is 0 Å². The molecule has 0 amide bonds. The van der Waals surface area contributed by atoms with Gasteiger partial charge in [-0.25, -0.2) is 15.0 Å². The van der Waals surface area contributed by atoms with Gasteiger partial charge in [-0.15, -0.1) is 24.0 Å². The molecule has 1 unspecified atom stereocenters. The van der Waals surface area contributed by atoms with Crippen molar-refractivity contribution in [1.29, 1.82) is 0 Å². The van der Waals surface area contributed by atoms with Gasteiger partial charge in [-0.3, -0.25) is 4.57 Å². The van der Waals surface area contributed by atoms with Crippen molar-refractivity contribution in [3.63, 3.8) is 0 Å². The summed E-state index contributed by atoms with van der Waals surface area (Å²) < 4.78 is 1.91. The van der Waals surface area contributed by atoms with E-state index in [9.17, 15) is 0 Å². The average molecular weight is 502 g/mol. The van der Waals surface area contributed by atoms with Crippen molar-refractivity contribution in [2.24, 2.45) is 4.99 Å². The van der Waals surface area contributed by atoms with Gasteiger partial charge in [-0.2, -0.15) is 0 Å². The molecule has 1 fully saturated rings. The number of rotatable bonds is 5. The quantitative estimate of drug-likeness (QED) is 0.327. The van der Waals surface area contributed by atoms with Gasteiger partial charge in [0.2, 0.25) is 0 Å². The fourth-order valence-corrected chi connectivity index (χ4v) is 3.64. The summed E-state index contributed by atoms with van der Waals surface area (Å²) in [5, 5.41) is 3.45. The molecule has 6 nitrogen and oxygen atoms in total. The van der Waals surface area contributed by atoms with Crippen molar-refractivity contribution in [2.45, 2.75) is 25.8 Å². The fraction of sp³-hybridized carbons (Fsp3) is 0.318. The van der Waals surface area contributed by atoms with Crippen LogP contribution in [0.4, 0.5) is 0 Å². The molecule has 1 saturated heterocycles. The fourth-order valence-electron chi connectivity index (χ4n) is 3.64. The van der Waals surface area contributed by atoms with Crippen LogP contribution in [0.15, 0.2) is 72.4 Å². The first-order chi connectivity index (χ1) is 13.8. The van der Waals surface area contributed by atoms with Crippen LogP contribution in [-0.4, -0.2) is 45.0 Å². The number of pyridine rings is 1. The maximum Gasteiger partial charge on any atom is 0.194 e. The molecule has 4 rings (SSSR count). The lowest BCUT2D eigenvalue weighted by atomic mass is 9.99. The summed E-state index contributed by atoms with van der Waals surface area (Å²) in [6, 6.07) is 14.9. The molecule has 7 heteroatoms. The van der Waals surface area contributed by atoms with Gasteiger partial charge >= 0.3 is 0 Å². The molecule has 1 aliphatic heterocycles. The number of guanidine groups is 1. The highest BCUT2D eigenvalue weighted by atomic mass is 127. The summed E-state index contributed by atoms with van der Waals surface area (Å²) in [5.41, 5.74) is 2.55. The number of nitrogens with zero attached hydrogens (tertiary/aromatic N) is 5. The molecule has 1 aromatic carbocycles. The average Bonchev–Trinajstić information content (AvgIpc) is 3.44. The standard InChI is InChI=1S/C22H26N6.HI/c1-2-24-22(27-12-9-20(16-27)19-6-4-3-5-7-19)26-15-18-8-10-25-21(14-18)28-13-11-23-17-28;/h3-8,10-11,13-14,17,20H,2,9,12,15-16H2,1H3,(H,24,26);1H. The van der Waals surface area contributed by atoms with E-state index in [4.69, 9.17) is 4.99 Å². The smallest absolute Gasteiger partial charge is 0.194 e. The molecular weight excluding hydrogens is 475 g/mol. The van der Waals surface area contributed by atoms with E-state index in [-0.39, 0.29) is 24.0 Å². The van der Waals surface area contributed by atoms with E-state index in [0.717, 1.165) is 43.4 Å². The summed E-state index contributed by atoms with van der Waals surface area (Å²) in [7, 11) is 0. The molecule has 0 radical (unpaired) electrons. The highest BCUT2D eigenvalue weighted by molar-refractivity contribution is 14.0. The summed E-state index contributed by atoms with van der Waals surface area (Å²) in [5.74, 6) is 2.42. The minimum absolute atomic E-state index is 0. The monoisotopic (exact) mass is 502 g/mol. The Labute approximate surface area is 189 Å². The van der Waals surface area contributed by atoms with Gasteiger partial charge < -0.3 is 10.2 Å². The van der Waals surface area contributed by atoms with Gasteiger partial charge in [0.1, 0.15) is 12.1 Å². The van der Waals surface area contributed by atoms with Crippen LogP contribution in [0.3, 0.4) is 0 Å². The third kappa shape index (κ3) is 5.35. The van der Waals surface area contributed by atoms with E-state index >= 15 is 0 Å². The largest absolute Gasteiger partial charge is 0.357 e. The SMILES string of the molecule is CCNC(=NCc1ccnc(-n2ccnc2)c1)N1CCC(c2ccccc2)C1.I. The highest BCUT2D eigenvalue weighted by Gasteiger charge is 2.25. The molecular formula is C22H27IN6. The predicted molar refractivity (Wildman–Crippen MR) is 127 cm³/mol. The maximum absolute atomic E-state index is 4.90. The van der Waals surface area contributed by atoms with Crippen molar-refractivity contribution in [2.75, 3.05) is 19.6 Å². The zero-order valence-electron chi connectivity index (χ0n) is 16.6. The molecule has 0 aliphatic carbocycles. The molecule has 0 bridgehead atoms. The minimum atomic E-state index is 0. The molecule has 1 N–H and O–H groups in total. The third-order valence-corrected chi connectivity index (χ3v) is 5.08. The van der Waals surface area contributed by atoms with E-state index in [1.54, 1.807) is 12.5 Å². The van der Waals surface area contributed by atoms with Crippen LogP contribution >= 0.6 is 24.0 Å². The van der Waals surface area contributed by atoms with Crippen LogP contribution in [0, 0.1) is 0 Å². The Hall–Kier alpha value is -2.42. The van der Waals surface area contributed by atoms with E-state index in [1.807, 2.05) is 23.0 Å². The summed E-state index contributed by atoms with van der Waals surface area (Å²) in [6.45, 7) is 5.64. The molecule has 3 aromatic rings. The van der Waals surface area contributed by atoms with Crippen LogP contribution in [0.25, 0.3) is 5.82 Å². The second-order valence-electron chi connectivity index (χ2n) is 7.00. The van der Waals surface area contributed by atoms with Crippen molar-refractivity contribution < 1.29 is 0 Å². The summed E-state index contributed by atoms with van der Waals surface area (Å²) in [6.07, 6.45) is 8.40. The minimum Gasteiger partial charge on any atom is -0.357 e. The van der Waals surface area contributed by atoms with E-state index in [0.29, 0.717) is 12.5 Å². The molecule has 1 atom stereocenters. The first-order valence-electron chi connectivity index (χ1n) is 9.85. The number of imidazole rings is 1. The molecule has 0 saturated carbocycles. The summed E-state index contributed by atoms with van der Waals surface area (Å²) in [4.78, 5) is 15.8. The Balaban J connectivity index is 0.00000240. The normalized spacial score (nSPS) is 16.5. The molecule has 3 heterocycles. The van der Waals surface area contributed by atoms with Gasteiger partial charge in [0.25, 0.3) is 0 Å². The van der Waals surface area contributed by atoms with E-state index in [1.165, 1.54) is 5.56 Å². The Bertz CT molecular complexity index is 910. The zero-order chi connectivity index (χ0) is 19.2. The van der Waals surface area contributed by atoms with Gasteiger partial charge in [0, 0.05) is 44.1 Å². The second-order valence-corrected chi connectivity index (χ2v) is 7.00. The highest BCUT2D eigenvalue weighted by Crippen LogP contribution is 2.27. The van der Waals surface area contributed by atoms with Gasteiger partial charge in [0.05, 0.1) is 6.54 Å². The number of likely N-dealkylation sites (tertiary alicyclic amines) is 1. The number of halogens is 1. The molecule has 1 aliphatic rings. The Morgan fingerprint density at radius 1 is 1.21 bits per heavy atom. The number of hydrogen-bond acceptors (Lipinski definition) is 3. The lowest BCUT2D eigenvalue weighted by Gasteiger charge is -2.22. The first kappa shape index (κ1) is 21.3. The third-order valence-electron chi connectivity index (χ3n) is 5.08.